The van der Waals surface area contributed by atoms with Crippen LogP contribution in [0.25, 0.3) is 0 Å². The Labute approximate surface area is 90.3 Å². The van der Waals surface area contributed by atoms with Crippen LogP contribution in [0.3, 0.4) is 0 Å². The zero-order valence-electron chi connectivity index (χ0n) is 9.40. The van der Waals surface area contributed by atoms with Gasteiger partial charge in [-0.2, -0.15) is 0 Å². The first-order chi connectivity index (χ1) is 7.16. The normalized spacial score (nSPS) is 12.7. The van der Waals surface area contributed by atoms with E-state index in [1.165, 1.54) is 0 Å². The van der Waals surface area contributed by atoms with Gasteiger partial charge in [-0.25, -0.2) is 0 Å². The van der Waals surface area contributed by atoms with Crippen LogP contribution in [0, 0.1) is 0 Å². The van der Waals surface area contributed by atoms with E-state index in [0.717, 1.165) is 6.42 Å². The van der Waals surface area contributed by atoms with Gasteiger partial charge < -0.3 is 19.3 Å². The molecule has 90 valence electrons. The molecule has 0 fully saturated rings. The van der Waals surface area contributed by atoms with Crippen molar-refractivity contribution in [3.05, 3.63) is 0 Å². The van der Waals surface area contributed by atoms with E-state index in [4.69, 9.17) is 19.3 Å². The SMILES string of the molecule is COCCCOCCO[C@H](C)CC(=O)O. The second kappa shape index (κ2) is 9.89. The minimum absolute atomic E-state index is 0.0314. The lowest BCUT2D eigenvalue weighted by molar-refractivity contribution is -0.140. The molecule has 0 amide bonds. The highest BCUT2D eigenvalue weighted by Gasteiger charge is 2.06. The third-order valence-electron chi connectivity index (χ3n) is 1.73. The minimum atomic E-state index is -0.844. The Balaban J connectivity index is 3.13. The van der Waals surface area contributed by atoms with E-state index < -0.39 is 5.97 Å². The van der Waals surface area contributed by atoms with Crippen molar-refractivity contribution in [2.75, 3.05) is 33.5 Å². The number of aliphatic carboxylic acids is 1. The van der Waals surface area contributed by atoms with Crippen molar-refractivity contribution >= 4 is 5.97 Å². The highest BCUT2D eigenvalue weighted by molar-refractivity contribution is 5.67. The maximum atomic E-state index is 10.3. The Morgan fingerprint density at radius 2 is 2.00 bits per heavy atom. The Morgan fingerprint density at radius 3 is 2.60 bits per heavy atom. The molecule has 0 heterocycles. The average Bonchev–Trinajstić information content (AvgIpc) is 2.15. The summed E-state index contributed by atoms with van der Waals surface area (Å²) >= 11 is 0. The van der Waals surface area contributed by atoms with Crippen LogP contribution in [0.4, 0.5) is 0 Å². The first kappa shape index (κ1) is 14.3. The number of carboxylic acid groups (broad SMARTS) is 1. The van der Waals surface area contributed by atoms with Crippen LogP contribution >= 0.6 is 0 Å². The van der Waals surface area contributed by atoms with Crippen molar-refractivity contribution in [2.45, 2.75) is 25.9 Å². The highest BCUT2D eigenvalue weighted by atomic mass is 16.5. The van der Waals surface area contributed by atoms with Crippen LogP contribution < -0.4 is 0 Å². The third kappa shape index (κ3) is 11.3. The van der Waals surface area contributed by atoms with E-state index in [1.54, 1.807) is 14.0 Å². The second-order valence-electron chi connectivity index (χ2n) is 3.24. The molecule has 0 aliphatic heterocycles. The summed E-state index contributed by atoms with van der Waals surface area (Å²) in [6.07, 6.45) is 0.635. The Kier molecular flexibility index (Phi) is 9.46. The van der Waals surface area contributed by atoms with E-state index in [0.29, 0.717) is 26.4 Å². The van der Waals surface area contributed by atoms with Crippen molar-refractivity contribution in [3.8, 4) is 0 Å². The first-order valence-corrected chi connectivity index (χ1v) is 5.07. The Bertz CT molecular complexity index is 160. The maximum Gasteiger partial charge on any atom is 0.305 e. The van der Waals surface area contributed by atoms with Crippen LogP contribution in [-0.2, 0) is 19.0 Å². The number of hydrogen-bond donors (Lipinski definition) is 1. The van der Waals surface area contributed by atoms with Crippen LogP contribution in [-0.4, -0.2) is 50.7 Å². The predicted octanol–water partition coefficient (Wildman–Crippen LogP) is 0.919. The average molecular weight is 220 g/mol. The lowest BCUT2D eigenvalue weighted by atomic mass is 10.3. The molecule has 0 saturated carbocycles. The van der Waals surface area contributed by atoms with Crippen LogP contribution in [0.2, 0.25) is 0 Å². The zero-order valence-corrected chi connectivity index (χ0v) is 9.40. The molecule has 15 heavy (non-hydrogen) atoms. The van der Waals surface area contributed by atoms with Crippen molar-refractivity contribution in [3.63, 3.8) is 0 Å². The summed E-state index contributed by atoms with van der Waals surface area (Å²) in [5, 5.41) is 8.46. The van der Waals surface area contributed by atoms with Gasteiger partial charge in [0.05, 0.1) is 25.7 Å². The van der Waals surface area contributed by atoms with Crippen molar-refractivity contribution in [1.29, 1.82) is 0 Å². The maximum absolute atomic E-state index is 10.3. The van der Waals surface area contributed by atoms with Crippen molar-refractivity contribution < 1.29 is 24.1 Å². The standard InChI is InChI=1S/C10H20O5/c1-9(8-10(11)12)15-7-6-14-5-3-4-13-2/h9H,3-8H2,1-2H3,(H,11,12)/t9-/m1/s1. The van der Waals surface area contributed by atoms with Crippen molar-refractivity contribution in [2.24, 2.45) is 0 Å². The molecule has 0 unspecified atom stereocenters. The zero-order chi connectivity index (χ0) is 11.5. The van der Waals surface area contributed by atoms with Gasteiger partial charge in [0.2, 0.25) is 0 Å². The van der Waals surface area contributed by atoms with Gasteiger partial charge in [-0.05, 0) is 13.3 Å². The lowest BCUT2D eigenvalue weighted by Gasteiger charge is -2.10. The van der Waals surface area contributed by atoms with Crippen LogP contribution in [0.15, 0.2) is 0 Å². The predicted molar refractivity (Wildman–Crippen MR) is 55.0 cm³/mol. The molecule has 0 aromatic rings. The monoisotopic (exact) mass is 220 g/mol. The highest BCUT2D eigenvalue weighted by Crippen LogP contribution is 1.96. The summed E-state index contributed by atoms with van der Waals surface area (Å²) < 4.78 is 15.3. The van der Waals surface area contributed by atoms with Crippen LogP contribution in [0.5, 0.6) is 0 Å². The summed E-state index contributed by atoms with van der Waals surface area (Å²) in [6, 6.07) is 0. The summed E-state index contributed by atoms with van der Waals surface area (Å²) in [5.74, 6) is -0.844. The molecule has 1 atom stereocenters. The van der Waals surface area contributed by atoms with Gasteiger partial charge in [0.1, 0.15) is 0 Å². The molecule has 1 N–H and O–H groups in total. The smallest absolute Gasteiger partial charge is 0.305 e. The topological polar surface area (TPSA) is 65.0 Å². The summed E-state index contributed by atoms with van der Waals surface area (Å²) in [5.41, 5.74) is 0. The molecular weight excluding hydrogens is 200 g/mol. The summed E-state index contributed by atoms with van der Waals surface area (Å²) in [7, 11) is 1.65. The van der Waals surface area contributed by atoms with E-state index in [2.05, 4.69) is 0 Å². The molecule has 0 radical (unpaired) electrons. The van der Waals surface area contributed by atoms with E-state index >= 15 is 0 Å². The van der Waals surface area contributed by atoms with Gasteiger partial charge in [0.15, 0.2) is 0 Å². The molecule has 5 heteroatoms. The Hall–Kier alpha value is -0.650. The quantitative estimate of drug-likeness (QED) is 0.554. The number of methoxy groups -OCH3 is 1. The molecule has 0 spiro atoms. The fraction of sp³-hybridized carbons (Fsp3) is 0.900. The molecule has 0 rings (SSSR count). The van der Waals surface area contributed by atoms with E-state index in [9.17, 15) is 4.79 Å². The van der Waals surface area contributed by atoms with Gasteiger partial charge in [-0.1, -0.05) is 0 Å². The number of hydrogen-bond acceptors (Lipinski definition) is 4. The summed E-state index contributed by atoms with van der Waals surface area (Å²) in [6.45, 7) is 3.99. The molecule has 5 nitrogen and oxygen atoms in total. The molecular formula is C10H20O5. The fourth-order valence-electron chi connectivity index (χ4n) is 1.02. The van der Waals surface area contributed by atoms with E-state index in [1.807, 2.05) is 0 Å². The number of rotatable bonds is 10. The molecule has 0 aromatic heterocycles. The van der Waals surface area contributed by atoms with Crippen molar-refractivity contribution in [1.82, 2.24) is 0 Å². The van der Waals surface area contributed by atoms with Gasteiger partial charge in [-0.15, -0.1) is 0 Å². The van der Waals surface area contributed by atoms with Gasteiger partial charge >= 0.3 is 5.97 Å². The van der Waals surface area contributed by atoms with Gasteiger partial charge in [-0.3, -0.25) is 4.79 Å². The number of carboxylic acids is 1. The third-order valence-corrected chi connectivity index (χ3v) is 1.73. The fourth-order valence-corrected chi connectivity index (χ4v) is 1.02. The molecule has 0 saturated heterocycles. The molecule has 0 aliphatic carbocycles. The van der Waals surface area contributed by atoms with Gasteiger partial charge in [0.25, 0.3) is 0 Å². The second-order valence-corrected chi connectivity index (χ2v) is 3.24. The largest absolute Gasteiger partial charge is 0.481 e. The number of carbonyl (C=O) groups is 1. The first-order valence-electron chi connectivity index (χ1n) is 5.07. The molecule has 0 bridgehead atoms. The van der Waals surface area contributed by atoms with E-state index in [-0.39, 0.29) is 12.5 Å². The minimum Gasteiger partial charge on any atom is -0.481 e. The molecule has 0 aliphatic rings. The van der Waals surface area contributed by atoms with Crippen LogP contribution in [0.1, 0.15) is 19.8 Å². The lowest BCUT2D eigenvalue weighted by Crippen LogP contribution is -2.17. The molecule has 0 aromatic carbocycles. The Morgan fingerprint density at radius 1 is 1.27 bits per heavy atom. The van der Waals surface area contributed by atoms with Gasteiger partial charge in [0, 0.05) is 20.3 Å². The summed E-state index contributed by atoms with van der Waals surface area (Å²) in [4.78, 5) is 10.3. The number of ether oxygens (including phenoxy) is 3.